The second-order valence-electron chi connectivity index (χ2n) is 14.2. The molecule has 0 spiro atoms. The zero-order valence-electron chi connectivity index (χ0n) is 26.5. The predicted octanol–water partition coefficient (Wildman–Crippen LogP) is 6.74. The SMILES string of the molecule is CC(=O)N1[C@@H](C(=O)OCc2ccccc2)CC(=O)c2ccccc2N(Cc2ccccc2)C(=O)[C@@H]1CC12CC3CC(CC(C3)C1)C2. The van der Waals surface area contributed by atoms with E-state index in [1.807, 2.05) is 72.8 Å². The average molecular weight is 619 g/mol. The van der Waals surface area contributed by atoms with Crippen LogP contribution in [0.15, 0.2) is 84.9 Å². The quantitative estimate of drug-likeness (QED) is 0.274. The molecular weight excluding hydrogens is 576 g/mol. The number of rotatable bonds is 7. The van der Waals surface area contributed by atoms with Crippen LogP contribution in [0, 0.1) is 23.2 Å². The lowest BCUT2D eigenvalue weighted by Crippen LogP contribution is -2.59. The van der Waals surface area contributed by atoms with Crippen LogP contribution in [0.5, 0.6) is 0 Å². The smallest absolute Gasteiger partial charge is 0.329 e. The van der Waals surface area contributed by atoms with E-state index < -0.39 is 24.0 Å². The van der Waals surface area contributed by atoms with E-state index in [0.29, 0.717) is 35.4 Å². The van der Waals surface area contributed by atoms with Crippen LogP contribution in [0.25, 0.3) is 0 Å². The van der Waals surface area contributed by atoms with Crippen LogP contribution in [0.2, 0.25) is 0 Å². The Bertz CT molecular complexity index is 1580. The Balaban J connectivity index is 1.32. The first-order chi connectivity index (χ1) is 22.3. The van der Waals surface area contributed by atoms with Gasteiger partial charge in [-0.1, -0.05) is 72.8 Å². The lowest BCUT2D eigenvalue weighted by Gasteiger charge is -2.58. The molecule has 8 rings (SSSR count). The molecule has 7 heteroatoms. The van der Waals surface area contributed by atoms with Crippen molar-refractivity contribution < 1.29 is 23.9 Å². The average Bonchev–Trinajstić information content (AvgIpc) is 3.08. The zero-order chi connectivity index (χ0) is 31.8. The van der Waals surface area contributed by atoms with Crippen molar-refractivity contribution in [3.63, 3.8) is 0 Å². The van der Waals surface area contributed by atoms with Crippen LogP contribution in [-0.2, 0) is 32.3 Å². The maximum absolute atomic E-state index is 15.2. The third kappa shape index (κ3) is 6.00. The molecule has 0 saturated heterocycles. The number of fused-ring (bicyclic) bond motifs is 1. The summed E-state index contributed by atoms with van der Waals surface area (Å²) in [5.41, 5.74) is 2.53. The van der Waals surface area contributed by atoms with Gasteiger partial charge in [0.15, 0.2) is 5.78 Å². The van der Waals surface area contributed by atoms with E-state index in [9.17, 15) is 14.4 Å². The van der Waals surface area contributed by atoms with Gasteiger partial charge in [0.2, 0.25) is 11.8 Å². The first kappa shape index (κ1) is 30.4. The minimum atomic E-state index is -1.22. The number of carbonyl (C=O) groups is 4. The van der Waals surface area contributed by atoms with Crippen LogP contribution < -0.4 is 4.90 Å². The van der Waals surface area contributed by atoms with Crippen LogP contribution in [-0.4, -0.2) is 40.6 Å². The second-order valence-corrected chi connectivity index (χ2v) is 14.2. The molecule has 5 aliphatic rings. The largest absolute Gasteiger partial charge is 0.459 e. The molecule has 2 atom stereocenters. The standard InChI is InChI=1S/C39H42N2O5/c1-26(42)41-34(38(45)46-25-28-12-6-3-7-13-28)19-36(43)32-14-8-9-15-33(32)40(24-27-10-4-2-5-11-27)37(44)35(41)23-39-20-29-16-30(21-39)18-31(17-29)22-39/h2-15,29-31,34-35H,16-25H2,1H3/t29?,30?,31?,34-,35+,39?/m1/s1. The van der Waals surface area contributed by atoms with E-state index >= 15 is 4.79 Å². The molecule has 3 aromatic rings. The number of Topliss-reactive ketones (excluding diaryl/α,β-unsaturated/α-hetero) is 1. The maximum Gasteiger partial charge on any atom is 0.329 e. The molecule has 4 fully saturated rings. The Hall–Kier alpha value is -4.26. The van der Waals surface area contributed by atoms with E-state index in [1.165, 1.54) is 31.1 Å². The van der Waals surface area contributed by atoms with Gasteiger partial charge in [-0.25, -0.2) is 4.79 Å². The topological polar surface area (TPSA) is 84.0 Å². The number of esters is 1. The molecule has 238 valence electrons. The summed E-state index contributed by atoms with van der Waals surface area (Å²) >= 11 is 0. The minimum Gasteiger partial charge on any atom is -0.459 e. The predicted molar refractivity (Wildman–Crippen MR) is 175 cm³/mol. The number of amides is 2. The molecule has 4 aliphatic carbocycles. The summed E-state index contributed by atoms with van der Waals surface area (Å²) in [5, 5.41) is 0. The number of benzene rings is 3. The molecule has 4 bridgehead atoms. The van der Waals surface area contributed by atoms with Gasteiger partial charge in [-0.15, -0.1) is 0 Å². The van der Waals surface area contributed by atoms with Crippen molar-refractivity contribution in [2.75, 3.05) is 4.90 Å². The summed E-state index contributed by atoms with van der Waals surface area (Å²) < 4.78 is 5.81. The van der Waals surface area contributed by atoms with Gasteiger partial charge in [0.05, 0.1) is 12.2 Å². The highest BCUT2D eigenvalue weighted by Gasteiger charge is 2.54. The number of hydrogen-bond acceptors (Lipinski definition) is 5. The first-order valence-electron chi connectivity index (χ1n) is 16.8. The maximum atomic E-state index is 15.2. The molecule has 1 aliphatic heterocycles. The highest BCUT2D eigenvalue weighted by Crippen LogP contribution is 2.62. The number of ether oxygens (including phenoxy) is 1. The van der Waals surface area contributed by atoms with Crippen LogP contribution in [0.1, 0.15) is 79.8 Å². The van der Waals surface area contributed by atoms with Crippen molar-refractivity contribution in [3.05, 3.63) is 102 Å². The van der Waals surface area contributed by atoms with Gasteiger partial charge in [-0.05, 0) is 91.4 Å². The summed E-state index contributed by atoms with van der Waals surface area (Å²) in [6.45, 7) is 1.67. The molecule has 1 heterocycles. The van der Waals surface area contributed by atoms with Crippen molar-refractivity contribution in [2.45, 2.75) is 83.5 Å². The Morgan fingerprint density at radius 1 is 0.783 bits per heavy atom. The van der Waals surface area contributed by atoms with Gasteiger partial charge in [0, 0.05) is 18.9 Å². The molecule has 46 heavy (non-hydrogen) atoms. The van der Waals surface area contributed by atoms with Crippen LogP contribution in [0.3, 0.4) is 0 Å². The Morgan fingerprint density at radius 3 is 1.96 bits per heavy atom. The van der Waals surface area contributed by atoms with Crippen molar-refractivity contribution >= 4 is 29.3 Å². The monoisotopic (exact) mass is 618 g/mol. The highest BCUT2D eigenvalue weighted by molar-refractivity contribution is 6.10. The van der Waals surface area contributed by atoms with Gasteiger partial charge in [-0.2, -0.15) is 0 Å². The lowest BCUT2D eigenvalue weighted by molar-refractivity contribution is -0.161. The summed E-state index contributed by atoms with van der Waals surface area (Å²) in [5.74, 6) is 0.337. The van der Waals surface area contributed by atoms with Crippen molar-refractivity contribution in [1.29, 1.82) is 0 Å². The summed E-state index contributed by atoms with van der Waals surface area (Å²) in [6, 6.07) is 24.1. The fourth-order valence-corrected chi connectivity index (χ4v) is 9.49. The van der Waals surface area contributed by atoms with Crippen LogP contribution in [0.4, 0.5) is 5.69 Å². The Morgan fingerprint density at radius 2 is 1.35 bits per heavy atom. The van der Waals surface area contributed by atoms with Gasteiger partial charge in [0.25, 0.3) is 0 Å². The Kier molecular flexibility index (Phi) is 8.26. The number of ketones is 1. The van der Waals surface area contributed by atoms with E-state index in [4.69, 9.17) is 4.74 Å². The molecule has 0 radical (unpaired) electrons. The van der Waals surface area contributed by atoms with Gasteiger partial charge >= 0.3 is 5.97 Å². The third-order valence-corrected chi connectivity index (χ3v) is 10.9. The third-order valence-electron chi connectivity index (χ3n) is 10.9. The fraction of sp³-hybridized carbons (Fsp3) is 0.436. The van der Waals surface area contributed by atoms with Gasteiger partial charge in [0.1, 0.15) is 18.7 Å². The summed E-state index contributed by atoms with van der Waals surface area (Å²) in [4.78, 5) is 60.2. The fourth-order valence-electron chi connectivity index (χ4n) is 9.49. The first-order valence-corrected chi connectivity index (χ1v) is 16.8. The van der Waals surface area contributed by atoms with Crippen molar-refractivity contribution in [1.82, 2.24) is 4.90 Å². The van der Waals surface area contributed by atoms with Gasteiger partial charge < -0.3 is 14.5 Å². The number of hydrogen-bond donors (Lipinski definition) is 0. The van der Waals surface area contributed by atoms with Gasteiger partial charge in [-0.3, -0.25) is 14.4 Å². The molecule has 0 aromatic heterocycles. The molecule has 3 aromatic carbocycles. The second kappa shape index (κ2) is 12.5. The number of para-hydroxylation sites is 1. The van der Waals surface area contributed by atoms with Crippen molar-refractivity contribution in [2.24, 2.45) is 23.2 Å². The molecule has 0 unspecified atom stereocenters. The minimum absolute atomic E-state index is 0.0143. The van der Waals surface area contributed by atoms with E-state index in [2.05, 4.69) is 0 Å². The normalized spacial score (nSPS) is 28.7. The highest BCUT2D eigenvalue weighted by atomic mass is 16.5. The summed E-state index contributed by atoms with van der Waals surface area (Å²) in [6.07, 6.45) is 7.14. The molecule has 2 amide bonds. The van der Waals surface area contributed by atoms with E-state index in [-0.39, 0.29) is 36.7 Å². The van der Waals surface area contributed by atoms with Crippen molar-refractivity contribution in [3.8, 4) is 0 Å². The molecule has 4 saturated carbocycles. The number of nitrogens with zero attached hydrogens (tertiary/aromatic N) is 2. The molecule has 7 nitrogen and oxygen atoms in total. The zero-order valence-corrected chi connectivity index (χ0v) is 26.5. The van der Waals surface area contributed by atoms with E-state index in [1.54, 1.807) is 17.0 Å². The molecule has 0 N–H and O–H groups in total. The molecular formula is C39H42N2O5. The van der Waals surface area contributed by atoms with E-state index in [0.717, 1.165) is 30.4 Å². The Labute approximate surface area is 270 Å². The number of anilines is 1. The van der Waals surface area contributed by atoms with Crippen LogP contribution >= 0.6 is 0 Å². The summed E-state index contributed by atoms with van der Waals surface area (Å²) in [7, 11) is 0. The number of carbonyl (C=O) groups excluding carboxylic acids is 4. The lowest BCUT2D eigenvalue weighted by atomic mass is 9.48.